The number of carbonyl (C=O) groups excluding carboxylic acids is 2. The summed E-state index contributed by atoms with van der Waals surface area (Å²) in [5.74, 6) is 0.797. The van der Waals surface area contributed by atoms with Crippen LogP contribution in [0, 0.1) is 16.0 Å². The summed E-state index contributed by atoms with van der Waals surface area (Å²) in [5.41, 5.74) is 0.0467. The first-order valence-corrected chi connectivity index (χ1v) is 11.2. The summed E-state index contributed by atoms with van der Waals surface area (Å²) in [6, 6.07) is 5.75. The third-order valence-electron chi connectivity index (χ3n) is 5.44. The lowest BCUT2D eigenvalue weighted by Crippen LogP contribution is -2.41. The van der Waals surface area contributed by atoms with Crippen LogP contribution in [0.15, 0.2) is 29.4 Å². The van der Waals surface area contributed by atoms with Gasteiger partial charge >= 0.3 is 0 Å². The van der Waals surface area contributed by atoms with Crippen LogP contribution in [0.2, 0.25) is 0 Å². The summed E-state index contributed by atoms with van der Waals surface area (Å²) < 4.78 is 1.72. The number of nitro groups is 1. The van der Waals surface area contributed by atoms with Crippen molar-refractivity contribution >= 4 is 29.3 Å². The predicted octanol–water partition coefficient (Wildman–Crippen LogP) is 2.44. The van der Waals surface area contributed by atoms with E-state index in [1.165, 1.54) is 42.4 Å². The molecule has 1 aliphatic rings. The molecule has 0 aliphatic heterocycles. The minimum Gasteiger partial charge on any atom is -0.352 e. The molecule has 1 saturated carbocycles. The molecule has 1 fully saturated rings. The van der Waals surface area contributed by atoms with E-state index in [1.54, 1.807) is 11.6 Å². The second-order valence-corrected chi connectivity index (χ2v) is 8.61. The predicted molar refractivity (Wildman–Crippen MR) is 116 cm³/mol. The van der Waals surface area contributed by atoms with E-state index in [1.807, 2.05) is 0 Å². The van der Waals surface area contributed by atoms with E-state index in [4.69, 9.17) is 0 Å². The Morgan fingerprint density at radius 1 is 1.29 bits per heavy atom. The number of nitrogens with zero attached hydrogens (tertiary/aromatic N) is 4. The first-order chi connectivity index (χ1) is 14.8. The molecule has 2 N–H and O–H groups in total. The Labute approximate surface area is 184 Å². The van der Waals surface area contributed by atoms with Gasteiger partial charge in [-0.05, 0) is 24.8 Å². The molecule has 0 unspecified atom stereocenters. The van der Waals surface area contributed by atoms with Crippen LogP contribution in [0.5, 0.6) is 0 Å². The average molecular weight is 447 g/mol. The largest absolute Gasteiger partial charge is 0.352 e. The Morgan fingerprint density at radius 3 is 2.81 bits per heavy atom. The molecule has 0 saturated heterocycles. The second kappa shape index (κ2) is 10.4. The fourth-order valence-electron chi connectivity index (χ4n) is 3.56. The Balaban J connectivity index is 1.50. The number of amides is 2. The van der Waals surface area contributed by atoms with Crippen LogP contribution in [0.4, 0.5) is 5.69 Å². The highest BCUT2D eigenvalue weighted by Crippen LogP contribution is 2.24. The summed E-state index contributed by atoms with van der Waals surface area (Å²) in [6.07, 6.45) is 4.54. The van der Waals surface area contributed by atoms with Crippen molar-refractivity contribution in [2.75, 3.05) is 5.75 Å². The minimum absolute atomic E-state index is 0.0210. The number of benzene rings is 1. The van der Waals surface area contributed by atoms with Gasteiger partial charge in [-0.2, -0.15) is 0 Å². The highest BCUT2D eigenvalue weighted by atomic mass is 32.2. The molecule has 31 heavy (non-hydrogen) atoms. The van der Waals surface area contributed by atoms with Crippen molar-refractivity contribution in [1.29, 1.82) is 0 Å². The van der Waals surface area contributed by atoms with Crippen LogP contribution in [-0.4, -0.2) is 43.3 Å². The van der Waals surface area contributed by atoms with E-state index in [0.717, 1.165) is 19.3 Å². The zero-order valence-electron chi connectivity index (χ0n) is 17.5. The number of rotatable bonds is 8. The summed E-state index contributed by atoms with van der Waals surface area (Å²) >= 11 is 1.29. The lowest BCUT2D eigenvalue weighted by Gasteiger charge is -2.29. The van der Waals surface area contributed by atoms with Gasteiger partial charge in [-0.3, -0.25) is 19.7 Å². The standard InChI is InChI=1S/C20H26N6O4S/c1-13-6-3-4-9-16(13)22-18(27)12-31-20-24-23-17(25(20)2)11-21-19(28)14-7-5-8-15(10-14)26(29)30/h5,7-8,10,13,16H,3-4,6,9,11-12H2,1-2H3,(H,21,28)(H,22,27)/t13-,16+/m1/s1. The van der Waals surface area contributed by atoms with Gasteiger partial charge < -0.3 is 15.2 Å². The van der Waals surface area contributed by atoms with Gasteiger partial charge in [0.2, 0.25) is 5.91 Å². The number of aromatic nitrogens is 3. The first kappa shape index (κ1) is 22.7. The smallest absolute Gasteiger partial charge is 0.270 e. The third kappa shape index (κ3) is 6.03. The van der Waals surface area contributed by atoms with Crippen LogP contribution in [0.25, 0.3) is 0 Å². The maximum atomic E-state index is 12.3. The second-order valence-electron chi connectivity index (χ2n) is 7.67. The molecule has 0 spiro atoms. The number of non-ortho nitro benzene ring substituents is 1. The quantitative estimate of drug-likeness (QED) is 0.361. The SMILES string of the molecule is C[C@@H]1CCCC[C@@H]1NC(=O)CSc1nnc(CNC(=O)c2cccc([N+](=O)[O-])c2)n1C. The number of hydrogen-bond acceptors (Lipinski definition) is 7. The lowest BCUT2D eigenvalue weighted by atomic mass is 9.86. The van der Waals surface area contributed by atoms with Crippen LogP contribution in [0.1, 0.15) is 48.8 Å². The normalized spacial score (nSPS) is 18.4. The van der Waals surface area contributed by atoms with Gasteiger partial charge in [0.25, 0.3) is 11.6 Å². The fourth-order valence-corrected chi connectivity index (χ4v) is 4.30. The van der Waals surface area contributed by atoms with Crippen LogP contribution < -0.4 is 10.6 Å². The van der Waals surface area contributed by atoms with Crippen molar-refractivity contribution in [3.05, 3.63) is 45.8 Å². The molecule has 3 rings (SSSR count). The van der Waals surface area contributed by atoms with Crippen LogP contribution in [-0.2, 0) is 18.4 Å². The third-order valence-corrected chi connectivity index (χ3v) is 6.46. The van der Waals surface area contributed by atoms with Gasteiger partial charge in [0.1, 0.15) is 0 Å². The molecule has 0 bridgehead atoms. The summed E-state index contributed by atoms with van der Waals surface area (Å²) in [5, 5.41) is 25.4. The van der Waals surface area contributed by atoms with Crippen LogP contribution >= 0.6 is 11.8 Å². The van der Waals surface area contributed by atoms with E-state index in [-0.39, 0.29) is 35.5 Å². The minimum atomic E-state index is -0.548. The zero-order valence-corrected chi connectivity index (χ0v) is 18.4. The van der Waals surface area contributed by atoms with Crippen molar-refractivity contribution < 1.29 is 14.5 Å². The van der Waals surface area contributed by atoms with E-state index in [0.29, 0.717) is 16.9 Å². The number of nitro benzene ring substituents is 1. The Hall–Kier alpha value is -2.95. The Kier molecular flexibility index (Phi) is 7.61. The van der Waals surface area contributed by atoms with Crippen LogP contribution in [0.3, 0.4) is 0 Å². The highest BCUT2D eigenvalue weighted by molar-refractivity contribution is 7.99. The van der Waals surface area contributed by atoms with Crippen molar-refractivity contribution in [2.45, 2.75) is 50.4 Å². The van der Waals surface area contributed by atoms with E-state index in [2.05, 4.69) is 27.8 Å². The molecule has 11 heteroatoms. The summed E-state index contributed by atoms with van der Waals surface area (Å²) in [7, 11) is 1.76. The zero-order chi connectivity index (χ0) is 22.4. The van der Waals surface area contributed by atoms with Crippen molar-refractivity contribution in [1.82, 2.24) is 25.4 Å². The van der Waals surface area contributed by atoms with Gasteiger partial charge in [0.05, 0.1) is 17.2 Å². The maximum absolute atomic E-state index is 12.3. The van der Waals surface area contributed by atoms with Crippen molar-refractivity contribution in [3.8, 4) is 0 Å². The fraction of sp³-hybridized carbons (Fsp3) is 0.500. The highest BCUT2D eigenvalue weighted by Gasteiger charge is 2.23. The Morgan fingerprint density at radius 2 is 2.06 bits per heavy atom. The molecule has 166 valence electrons. The van der Waals surface area contributed by atoms with Gasteiger partial charge in [-0.25, -0.2) is 0 Å². The van der Waals surface area contributed by atoms with Crippen molar-refractivity contribution in [3.63, 3.8) is 0 Å². The molecular weight excluding hydrogens is 420 g/mol. The molecule has 1 heterocycles. The van der Waals surface area contributed by atoms with Gasteiger partial charge in [0, 0.05) is 30.8 Å². The average Bonchev–Trinajstić information content (AvgIpc) is 3.11. The maximum Gasteiger partial charge on any atom is 0.270 e. The summed E-state index contributed by atoms with van der Waals surface area (Å²) in [4.78, 5) is 34.9. The van der Waals surface area contributed by atoms with E-state index >= 15 is 0 Å². The summed E-state index contributed by atoms with van der Waals surface area (Å²) in [6.45, 7) is 2.28. The first-order valence-electron chi connectivity index (χ1n) is 10.2. The molecule has 2 amide bonds. The monoisotopic (exact) mass is 446 g/mol. The number of hydrogen-bond donors (Lipinski definition) is 2. The van der Waals surface area contributed by atoms with Crippen molar-refractivity contribution in [2.24, 2.45) is 13.0 Å². The number of nitrogens with one attached hydrogen (secondary N) is 2. The molecule has 1 aromatic carbocycles. The molecular formula is C20H26N6O4S. The molecule has 2 atom stereocenters. The molecule has 1 aliphatic carbocycles. The Bertz CT molecular complexity index is 963. The van der Waals surface area contributed by atoms with E-state index in [9.17, 15) is 19.7 Å². The molecule has 0 radical (unpaired) electrons. The van der Waals surface area contributed by atoms with Gasteiger partial charge in [0.15, 0.2) is 11.0 Å². The number of thioether (sulfide) groups is 1. The van der Waals surface area contributed by atoms with E-state index < -0.39 is 10.8 Å². The molecule has 1 aromatic heterocycles. The molecule has 10 nitrogen and oxygen atoms in total. The number of carbonyl (C=O) groups is 2. The topological polar surface area (TPSA) is 132 Å². The van der Waals surface area contributed by atoms with Gasteiger partial charge in [-0.15, -0.1) is 10.2 Å². The molecule has 2 aromatic rings. The lowest BCUT2D eigenvalue weighted by molar-refractivity contribution is -0.384. The van der Waals surface area contributed by atoms with Gasteiger partial charge in [-0.1, -0.05) is 37.6 Å².